The second kappa shape index (κ2) is 2.48. The molecule has 2 aliphatic rings. The van der Waals surface area contributed by atoms with Gasteiger partial charge >= 0.3 is 0 Å². The van der Waals surface area contributed by atoms with E-state index in [0.717, 1.165) is 25.6 Å². The fourth-order valence-corrected chi connectivity index (χ4v) is 2.09. The first-order chi connectivity index (χ1) is 5.29. The molecule has 0 bridgehead atoms. The van der Waals surface area contributed by atoms with E-state index in [9.17, 15) is 4.79 Å². The fraction of sp³-hybridized carbons (Fsp3) is 0.875. The summed E-state index contributed by atoms with van der Waals surface area (Å²) in [4.78, 5) is 12.9. The summed E-state index contributed by atoms with van der Waals surface area (Å²) in [6, 6.07) is 0.515. The highest BCUT2D eigenvalue weighted by Crippen LogP contribution is 2.29. The predicted molar refractivity (Wildman–Crippen MR) is 42.2 cm³/mol. The van der Waals surface area contributed by atoms with Gasteiger partial charge in [-0.15, -0.1) is 0 Å². The molecule has 0 aromatic carbocycles. The third-order valence-electron chi connectivity index (χ3n) is 2.83. The molecule has 11 heavy (non-hydrogen) atoms. The summed E-state index contributed by atoms with van der Waals surface area (Å²) in [7, 11) is 0. The van der Waals surface area contributed by atoms with Crippen molar-refractivity contribution in [3.05, 3.63) is 0 Å². The van der Waals surface area contributed by atoms with Gasteiger partial charge in [0, 0.05) is 26.1 Å². The molecule has 0 saturated carbocycles. The summed E-state index contributed by atoms with van der Waals surface area (Å²) in [6.45, 7) is 4.80. The van der Waals surface area contributed by atoms with Crippen LogP contribution in [0.2, 0.25) is 0 Å². The number of nitrogens with zero attached hydrogens (tertiary/aromatic N) is 1. The van der Waals surface area contributed by atoms with E-state index in [1.54, 1.807) is 6.92 Å². The summed E-state index contributed by atoms with van der Waals surface area (Å²) in [6.07, 6.45) is 1.24. The summed E-state index contributed by atoms with van der Waals surface area (Å²) >= 11 is 0. The Balaban J connectivity index is 1.96. The highest BCUT2D eigenvalue weighted by molar-refractivity contribution is 5.74. The Bertz CT molecular complexity index is 181. The fourth-order valence-electron chi connectivity index (χ4n) is 2.09. The minimum Gasteiger partial charge on any atom is -0.338 e. The lowest BCUT2D eigenvalue weighted by atomic mass is 9.83. The van der Waals surface area contributed by atoms with Crippen molar-refractivity contribution in [1.29, 1.82) is 0 Å². The Hall–Kier alpha value is -0.570. The second-order valence-corrected chi connectivity index (χ2v) is 3.49. The van der Waals surface area contributed by atoms with E-state index in [4.69, 9.17) is 0 Å². The lowest BCUT2D eigenvalue weighted by Crippen LogP contribution is -2.64. The quantitative estimate of drug-likeness (QED) is 0.525. The van der Waals surface area contributed by atoms with Crippen molar-refractivity contribution < 1.29 is 4.79 Å². The maximum atomic E-state index is 11.0. The van der Waals surface area contributed by atoms with Crippen LogP contribution in [0.5, 0.6) is 0 Å². The van der Waals surface area contributed by atoms with Gasteiger partial charge in [-0.05, 0) is 18.9 Å². The average molecular weight is 154 g/mol. The van der Waals surface area contributed by atoms with Crippen molar-refractivity contribution >= 4 is 5.91 Å². The van der Waals surface area contributed by atoms with E-state index in [2.05, 4.69) is 5.32 Å². The van der Waals surface area contributed by atoms with Crippen LogP contribution in [0.4, 0.5) is 0 Å². The number of nitrogens with one attached hydrogen (secondary N) is 1. The molecule has 0 aliphatic carbocycles. The molecule has 0 spiro atoms. The molecule has 0 radical (unpaired) electrons. The number of carbonyl (C=O) groups excluding carboxylic acids is 1. The molecule has 2 fully saturated rings. The SMILES string of the molecule is CC(=O)N1C[C@@H]2CCNC[C@@H]21. The molecule has 2 rings (SSSR count). The van der Waals surface area contributed by atoms with Crippen molar-refractivity contribution in [1.82, 2.24) is 10.2 Å². The van der Waals surface area contributed by atoms with E-state index >= 15 is 0 Å². The van der Waals surface area contributed by atoms with Gasteiger partial charge in [-0.1, -0.05) is 0 Å². The number of fused-ring (bicyclic) bond motifs is 1. The topological polar surface area (TPSA) is 32.3 Å². The first kappa shape index (κ1) is 7.10. The predicted octanol–water partition coefficient (Wildman–Crippen LogP) is -0.173. The first-order valence-corrected chi connectivity index (χ1v) is 4.27. The average Bonchev–Trinajstić information content (AvgIpc) is 1.90. The normalized spacial score (nSPS) is 35.9. The third-order valence-corrected chi connectivity index (χ3v) is 2.83. The highest BCUT2D eigenvalue weighted by Gasteiger charge is 2.41. The van der Waals surface area contributed by atoms with Crippen LogP contribution in [0.15, 0.2) is 0 Å². The number of hydrogen-bond donors (Lipinski definition) is 1. The van der Waals surface area contributed by atoms with E-state index in [1.807, 2.05) is 4.90 Å². The molecule has 0 unspecified atom stereocenters. The molecule has 2 aliphatic heterocycles. The van der Waals surface area contributed by atoms with Gasteiger partial charge in [-0.2, -0.15) is 0 Å². The third kappa shape index (κ3) is 1.03. The summed E-state index contributed by atoms with van der Waals surface area (Å²) in [5.74, 6) is 1.02. The van der Waals surface area contributed by atoms with Gasteiger partial charge in [-0.3, -0.25) is 4.79 Å². The van der Waals surface area contributed by atoms with Gasteiger partial charge < -0.3 is 10.2 Å². The number of amides is 1. The van der Waals surface area contributed by atoms with E-state index in [0.29, 0.717) is 6.04 Å². The summed E-state index contributed by atoms with van der Waals surface area (Å²) in [5, 5.41) is 3.31. The number of hydrogen-bond acceptors (Lipinski definition) is 2. The Kier molecular flexibility index (Phi) is 1.60. The van der Waals surface area contributed by atoms with Crippen molar-refractivity contribution in [3.8, 4) is 0 Å². The van der Waals surface area contributed by atoms with Crippen LogP contribution in [-0.4, -0.2) is 36.5 Å². The maximum Gasteiger partial charge on any atom is 0.219 e. The van der Waals surface area contributed by atoms with Crippen molar-refractivity contribution in [2.75, 3.05) is 19.6 Å². The minimum atomic E-state index is 0.231. The molecule has 1 N–H and O–H groups in total. The maximum absolute atomic E-state index is 11.0. The number of carbonyl (C=O) groups is 1. The minimum absolute atomic E-state index is 0.231. The van der Waals surface area contributed by atoms with Crippen molar-refractivity contribution in [2.45, 2.75) is 19.4 Å². The van der Waals surface area contributed by atoms with Crippen LogP contribution in [0.25, 0.3) is 0 Å². The van der Waals surface area contributed by atoms with Crippen LogP contribution >= 0.6 is 0 Å². The molecule has 1 amide bonds. The molecular weight excluding hydrogens is 140 g/mol. The van der Waals surface area contributed by atoms with Gasteiger partial charge in [0.15, 0.2) is 0 Å². The molecule has 3 heteroatoms. The molecule has 2 saturated heterocycles. The zero-order chi connectivity index (χ0) is 7.84. The Morgan fingerprint density at radius 1 is 1.64 bits per heavy atom. The van der Waals surface area contributed by atoms with Crippen LogP contribution in [0, 0.1) is 5.92 Å². The molecule has 2 heterocycles. The lowest BCUT2D eigenvalue weighted by Gasteiger charge is -2.50. The zero-order valence-electron chi connectivity index (χ0n) is 6.84. The van der Waals surface area contributed by atoms with Crippen molar-refractivity contribution in [3.63, 3.8) is 0 Å². The van der Waals surface area contributed by atoms with Crippen LogP contribution in [0.1, 0.15) is 13.3 Å². The number of rotatable bonds is 0. The molecule has 62 valence electrons. The van der Waals surface area contributed by atoms with Gasteiger partial charge in [0.2, 0.25) is 5.91 Å². The van der Waals surface area contributed by atoms with Crippen LogP contribution in [-0.2, 0) is 4.79 Å². The zero-order valence-corrected chi connectivity index (χ0v) is 6.84. The highest BCUT2D eigenvalue weighted by atomic mass is 16.2. The molecular formula is C8H14N2O. The lowest BCUT2D eigenvalue weighted by molar-refractivity contribution is -0.142. The summed E-state index contributed by atoms with van der Waals surface area (Å²) in [5.41, 5.74) is 0. The van der Waals surface area contributed by atoms with Gasteiger partial charge in [0.1, 0.15) is 0 Å². The molecule has 0 aromatic heterocycles. The first-order valence-electron chi connectivity index (χ1n) is 4.27. The second-order valence-electron chi connectivity index (χ2n) is 3.49. The molecule has 2 atom stereocenters. The van der Waals surface area contributed by atoms with Crippen molar-refractivity contribution in [2.24, 2.45) is 5.92 Å². The largest absolute Gasteiger partial charge is 0.338 e. The van der Waals surface area contributed by atoms with Gasteiger partial charge in [-0.25, -0.2) is 0 Å². The Morgan fingerprint density at radius 3 is 3.09 bits per heavy atom. The number of piperidine rings is 1. The monoisotopic (exact) mass is 154 g/mol. The van der Waals surface area contributed by atoms with Gasteiger partial charge in [0.25, 0.3) is 0 Å². The van der Waals surface area contributed by atoms with E-state index in [-0.39, 0.29) is 5.91 Å². The summed E-state index contributed by atoms with van der Waals surface area (Å²) < 4.78 is 0. The van der Waals surface area contributed by atoms with E-state index < -0.39 is 0 Å². The molecule has 0 aromatic rings. The molecule has 3 nitrogen and oxygen atoms in total. The smallest absolute Gasteiger partial charge is 0.219 e. The van der Waals surface area contributed by atoms with Crippen LogP contribution in [0.3, 0.4) is 0 Å². The van der Waals surface area contributed by atoms with Gasteiger partial charge in [0.05, 0.1) is 0 Å². The Labute approximate surface area is 66.8 Å². The standard InChI is InChI=1S/C8H14N2O/c1-6(11)10-5-7-2-3-9-4-8(7)10/h7-9H,2-5H2,1H3/t7-,8-/m0/s1. The van der Waals surface area contributed by atoms with E-state index in [1.165, 1.54) is 6.42 Å². The Morgan fingerprint density at radius 2 is 2.45 bits per heavy atom. The number of likely N-dealkylation sites (tertiary alicyclic amines) is 1. The van der Waals surface area contributed by atoms with Crippen LogP contribution < -0.4 is 5.32 Å².